The molecule has 142 valence electrons. The topological polar surface area (TPSA) is 99.4 Å². The predicted molar refractivity (Wildman–Crippen MR) is 105 cm³/mol. The van der Waals surface area contributed by atoms with Gasteiger partial charge in [-0.3, -0.25) is 4.79 Å². The highest BCUT2D eigenvalue weighted by molar-refractivity contribution is 5.88. The number of aromatic amines is 1. The number of aryl methyl sites for hydroxylation is 1. The minimum Gasteiger partial charge on any atom is -0.477 e. The summed E-state index contributed by atoms with van der Waals surface area (Å²) < 4.78 is 0. The van der Waals surface area contributed by atoms with Crippen molar-refractivity contribution in [3.8, 4) is 11.3 Å². The van der Waals surface area contributed by atoms with Crippen molar-refractivity contribution >= 4 is 11.7 Å². The van der Waals surface area contributed by atoms with Gasteiger partial charge in [0.1, 0.15) is 5.56 Å². The molecule has 2 aliphatic rings. The average Bonchev–Trinajstić information content (AvgIpc) is 2.90. The van der Waals surface area contributed by atoms with Gasteiger partial charge in [-0.25, -0.2) is 4.79 Å². The Hall–Kier alpha value is -2.60. The molecule has 1 aromatic heterocycles. The summed E-state index contributed by atoms with van der Waals surface area (Å²) in [7, 11) is 0. The van der Waals surface area contributed by atoms with Crippen molar-refractivity contribution in [1.82, 2.24) is 4.98 Å². The van der Waals surface area contributed by atoms with Crippen molar-refractivity contribution in [2.75, 3.05) is 18.0 Å². The van der Waals surface area contributed by atoms with Crippen LogP contribution in [0.4, 0.5) is 5.69 Å². The number of H-pyrrole nitrogens is 1. The number of nitrogens with zero attached hydrogens (tertiary/aromatic N) is 1. The Labute approximate surface area is 158 Å². The van der Waals surface area contributed by atoms with Gasteiger partial charge in [-0.2, -0.15) is 0 Å². The van der Waals surface area contributed by atoms with E-state index < -0.39 is 11.5 Å². The third-order valence-corrected chi connectivity index (χ3v) is 6.89. The molecule has 2 fully saturated rings. The largest absolute Gasteiger partial charge is 0.477 e. The van der Waals surface area contributed by atoms with Gasteiger partial charge >= 0.3 is 5.97 Å². The van der Waals surface area contributed by atoms with Gasteiger partial charge in [-0.05, 0) is 35.7 Å². The first-order chi connectivity index (χ1) is 12.7. The molecule has 0 amide bonds. The lowest BCUT2D eigenvalue weighted by atomic mass is 10.0. The molecule has 1 aliphatic heterocycles. The molecule has 27 heavy (non-hydrogen) atoms. The average molecular weight is 367 g/mol. The van der Waals surface area contributed by atoms with Crippen molar-refractivity contribution in [2.45, 2.75) is 33.2 Å². The van der Waals surface area contributed by atoms with Crippen LogP contribution in [-0.2, 0) is 6.42 Å². The van der Waals surface area contributed by atoms with E-state index in [1.165, 1.54) is 6.07 Å². The number of piperidine rings is 1. The molecule has 1 unspecified atom stereocenters. The highest BCUT2D eigenvalue weighted by Crippen LogP contribution is 2.66. The number of aromatic nitrogens is 1. The van der Waals surface area contributed by atoms with E-state index in [9.17, 15) is 9.59 Å². The number of hydrogen-bond donors (Lipinski definition) is 3. The summed E-state index contributed by atoms with van der Waals surface area (Å²) in [5.41, 5.74) is 9.34. The molecule has 6 nitrogen and oxygen atoms in total. The Morgan fingerprint density at radius 2 is 1.85 bits per heavy atom. The standard InChI is InChI=1S/C21H25N3O3/c1-4-12-9-15(18(26)27)17(25)23-16(12)13-5-7-14(8-6-13)24-10-20(2)19(22)21(20,3)11-24/h5-9,19H,4,10-11,22H2,1-3H3,(H,23,25)(H,26,27)/t19?,20-,21+. The molecule has 0 bridgehead atoms. The van der Waals surface area contributed by atoms with Gasteiger partial charge in [0.15, 0.2) is 0 Å². The molecule has 4 rings (SSSR count). The lowest BCUT2D eigenvalue weighted by Crippen LogP contribution is -2.32. The molecular formula is C21H25N3O3. The number of pyridine rings is 1. The van der Waals surface area contributed by atoms with Crippen LogP contribution >= 0.6 is 0 Å². The van der Waals surface area contributed by atoms with Crippen LogP contribution in [0.5, 0.6) is 0 Å². The molecule has 1 saturated heterocycles. The number of rotatable bonds is 4. The van der Waals surface area contributed by atoms with E-state index in [2.05, 4.69) is 35.9 Å². The number of nitrogens with one attached hydrogen (secondary N) is 1. The van der Waals surface area contributed by atoms with E-state index in [0.29, 0.717) is 12.1 Å². The van der Waals surface area contributed by atoms with Crippen LogP contribution in [0, 0.1) is 10.8 Å². The monoisotopic (exact) mass is 367 g/mol. The smallest absolute Gasteiger partial charge is 0.341 e. The summed E-state index contributed by atoms with van der Waals surface area (Å²) >= 11 is 0. The SMILES string of the molecule is CCc1cc(C(=O)O)c(=O)[nH]c1-c1ccc(N2C[C@@]3(C)C(N)[C@@]3(C)C2)cc1. The molecule has 1 saturated carbocycles. The first kappa shape index (κ1) is 17.8. The Kier molecular flexibility index (Phi) is 3.75. The number of fused-ring (bicyclic) bond motifs is 1. The summed E-state index contributed by atoms with van der Waals surface area (Å²) in [6.07, 6.45) is 0.634. The Balaban J connectivity index is 1.63. The number of carboxylic acids is 1. The van der Waals surface area contributed by atoms with Crippen LogP contribution in [0.25, 0.3) is 11.3 Å². The van der Waals surface area contributed by atoms with Gasteiger partial charge in [-0.1, -0.05) is 32.9 Å². The van der Waals surface area contributed by atoms with Gasteiger partial charge in [0.25, 0.3) is 5.56 Å². The minimum absolute atomic E-state index is 0.180. The highest BCUT2D eigenvalue weighted by Gasteiger charge is 2.73. The maximum atomic E-state index is 12.1. The van der Waals surface area contributed by atoms with Crippen molar-refractivity contribution < 1.29 is 9.90 Å². The molecule has 1 aromatic carbocycles. The number of benzene rings is 1. The van der Waals surface area contributed by atoms with Gasteiger partial charge in [0.05, 0.1) is 5.69 Å². The van der Waals surface area contributed by atoms with Gasteiger partial charge in [0.2, 0.25) is 0 Å². The van der Waals surface area contributed by atoms with Crippen LogP contribution in [0.15, 0.2) is 35.1 Å². The van der Waals surface area contributed by atoms with Crippen molar-refractivity contribution in [1.29, 1.82) is 0 Å². The molecule has 6 heteroatoms. The molecule has 0 radical (unpaired) electrons. The van der Waals surface area contributed by atoms with Crippen molar-refractivity contribution in [3.05, 3.63) is 51.8 Å². The molecule has 4 N–H and O–H groups in total. The number of carbonyl (C=O) groups is 1. The van der Waals surface area contributed by atoms with Gasteiger partial charge < -0.3 is 20.7 Å². The lowest BCUT2D eigenvalue weighted by Gasteiger charge is -2.24. The Bertz CT molecular complexity index is 963. The van der Waals surface area contributed by atoms with Crippen LogP contribution in [0.2, 0.25) is 0 Å². The summed E-state index contributed by atoms with van der Waals surface area (Å²) in [5.74, 6) is -1.21. The number of hydrogen-bond acceptors (Lipinski definition) is 4. The second kappa shape index (κ2) is 5.70. The van der Waals surface area contributed by atoms with Crippen LogP contribution in [-0.4, -0.2) is 35.2 Å². The Morgan fingerprint density at radius 1 is 1.26 bits per heavy atom. The fourth-order valence-corrected chi connectivity index (χ4v) is 4.70. The van der Waals surface area contributed by atoms with Gasteiger partial charge in [0, 0.05) is 35.6 Å². The number of anilines is 1. The van der Waals surface area contributed by atoms with E-state index in [1.807, 2.05) is 19.1 Å². The Morgan fingerprint density at radius 3 is 2.37 bits per heavy atom. The second-order valence-corrected chi connectivity index (χ2v) is 8.29. The maximum Gasteiger partial charge on any atom is 0.341 e. The molecule has 1 aliphatic carbocycles. The van der Waals surface area contributed by atoms with E-state index in [1.54, 1.807) is 0 Å². The number of aromatic carboxylic acids is 1. The van der Waals surface area contributed by atoms with Crippen LogP contribution < -0.4 is 16.2 Å². The number of nitrogens with two attached hydrogens (primary N) is 1. The lowest BCUT2D eigenvalue weighted by molar-refractivity contribution is 0.0695. The molecule has 0 spiro atoms. The fraction of sp³-hybridized carbons (Fsp3) is 0.429. The molecule has 3 atom stereocenters. The van der Waals surface area contributed by atoms with E-state index >= 15 is 0 Å². The zero-order valence-corrected chi connectivity index (χ0v) is 15.9. The van der Waals surface area contributed by atoms with E-state index in [4.69, 9.17) is 10.8 Å². The summed E-state index contributed by atoms with van der Waals surface area (Å²) in [5, 5.41) is 9.16. The fourth-order valence-electron chi connectivity index (χ4n) is 4.70. The summed E-state index contributed by atoms with van der Waals surface area (Å²) in [4.78, 5) is 28.4. The minimum atomic E-state index is -1.21. The summed E-state index contributed by atoms with van der Waals surface area (Å²) in [6.45, 7) is 8.36. The third kappa shape index (κ3) is 2.43. The van der Waals surface area contributed by atoms with Crippen molar-refractivity contribution in [2.24, 2.45) is 16.6 Å². The first-order valence-electron chi connectivity index (χ1n) is 9.32. The van der Waals surface area contributed by atoms with Gasteiger partial charge in [-0.15, -0.1) is 0 Å². The van der Waals surface area contributed by atoms with Crippen LogP contribution in [0.3, 0.4) is 0 Å². The quantitative estimate of drug-likeness (QED) is 0.771. The molecule has 2 heterocycles. The third-order valence-electron chi connectivity index (χ3n) is 6.89. The van der Waals surface area contributed by atoms with E-state index in [0.717, 1.165) is 29.9 Å². The van der Waals surface area contributed by atoms with Crippen LogP contribution in [0.1, 0.15) is 36.7 Å². The second-order valence-electron chi connectivity index (χ2n) is 8.29. The molecule has 2 aromatic rings. The highest BCUT2D eigenvalue weighted by atomic mass is 16.4. The maximum absolute atomic E-state index is 12.1. The normalized spacial score (nSPS) is 28.9. The first-order valence-corrected chi connectivity index (χ1v) is 9.32. The predicted octanol–water partition coefficient (Wildman–Crippen LogP) is 2.48. The van der Waals surface area contributed by atoms with Crippen molar-refractivity contribution in [3.63, 3.8) is 0 Å². The zero-order valence-electron chi connectivity index (χ0n) is 15.9. The zero-order chi connectivity index (χ0) is 19.6. The molecular weight excluding hydrogens is 342 g/mol. The summed E-state index contributed by atoms with van der Waals surface area (Å²) in [6, 6.07) is 9.82. The van der Waals surface area contributed by atoms with E-state index in [-0.39, 0.29) is 22.4 Å². The number of carboxylic acid groups (broad SMARTS) is 1.